The molecule has 1 aromatic rings. The van der Waals surface area contributed by atoms with E-state index in [-0.39, 0.29) is 5.75 Å². The number of halogens is 1. The fourth-order valence-electron chi connectivity index (χ4n) is 2.32. The van der Waals surface area contributed by atoms with Crippen LogP contribution in [-0.2, 0) is 0 Å². The highest BCUT2D eigenvalue weighted by Crippen LogP contribution is 2.30. The van der Waals surface area contributed by atoms with Crippen molar-refractivity contribution in [2.75, 3.05) is 18.2 Å². The van der Waals surface area contributed by atoms with Gasteiger partial charge < -0.3 is 15.8 Å². The van der Waals surface area contributed by atoms with Gasteiger partial charge in [0.15, 0.2) is 11.6 Å². The van der Waals surface area contributed by atoms with Crippen LogP contribution in [-0.4, -0.2) is 13.2 Å². The van der Waals surface area contributed by atoms with E-state index < -0.39 is 5.82 Å². The second kappa shape index (κ2) is 5.25. The van der Waals surface area contributed by atoms with Gasteiger partial charge in [-0.15, -0.1) is 0 Å². The fraction of sp³-hybridized carbons (Fsp3) is 0.538. The first-order valence-electron chi connectivity index (χ1n) is 6.10. The largest absolute Gasteiger partial charge is 0.494 e. The predicted molar refractivity (Wildman–Crippen MR) is 67.9 cm³/mol. The van der Waals surface area contributed by atoms with Gasteiger partial charge in [-0.1, -0.05) is 19.3 Å². The van der Waals surface area contributed by atoms with Gasteiger partial charge in [0.2, 0.25) is 0 Å². The Kier molecular flexibility index (Phi) is 3.71. The highest BCUT2D eigenvalue weighted by Gasteiger charge is 2.15. The second-order valence-corrected chi connectivity index (χ2v) is 4.55. The van der Waals surface area contributed by atoms with Crippen molar-refractivity contribution in [1.29, 1.82) is 0 Å². The van der Waals surface area contributed by atoms with Crippen molar-refractivity contribution in [3.8, 4) is 5.75 Å². The van der Waals surface area contributed by atoms with Crippen molar-refractivity contribution < 1.29 is 9.13 Å². The van der Waals surface area contributed by atoms with Crippen molar-refractivity contribution in [1.82, 2.24) is 0 Å². The Labute approximate surface area is 101 Å². The molecular weight excluding hydrogens is 219 g/mol. The molecule has 0 aliphatic heterocycles. The SMILES string of the molecule is COc1cc(NC2CCCCC2)c(N)cc1F. The summed E-state index contributed by atoms with van der Waals surface area (Å²) < 4.78 is 18.3. The average Bonchev–Trinajstić information content (AvgIpc) is 2.34. The van der Waals surface area contributed by atoms with Crippen LogP contribution in [0.4, 0.5) is 15.8 Å². The van der Waals surface area contributed by atoms with Crippen molar-refractivity contribution >= 4 is 11.4 Å². The number of rotatable bonds is 3. The van der Waals surface area contributed by atoms with Crippen LogP contribution < -0.4 is 15.8 Å². The van der Waals surface area contributed by atoms with E-state index in [9.17, 15) is 4.39 Å². The third kappa shape index (κ3) is 2.81. The van der Waals surface area contributed by atoms with Crippen molar-refractivity contribution in [3.63, 3.8) is 0 Å². The van der Waals surface area contributed by atoms with Gasteiger partial charge >= 0.3 is 0 Å². The Morgan fingerprint density at radius 2 is 2.00 bits per heavy atom. The number of hydrogen-bond acceptors (Lipinski definition) is 3. The van der Waals surface area contributed by atoms with Gasteiger partial charge in [-0.05, 0) is 12.8 Å². The molecule has 0 radical (unpaired) electrons. The van der Waals surface area contributed by atoms with E-state index in [0.29, 0.717) is 11.7 Å². The molecule has 0 amide bonds. The van der Waals surface area contributed by atoms with E-state index in [4.69, 9.17) is 10.5 Å². The summed E-state index contributed by atoms with van der Waals surface area (Å²) in [7, 11) is 1.46. The van der Waals surface area contributed by atoms with Crippen LogP contribution in [0.1, 0.15) is 32.1 Å². The molecule has 4 heteroatoms. The molecular formula is C13H19FN2O. The maximum atomic E-state index is 13.4. The van der Waals surface area contributed by atoms with Crippen molar-refractivity contribution in [3.05, 3.63) is 17.9 Å². The molecule has 94 valence electrons. The number of benzene rings is 1. The van der Waals surface area contributed by atoms with Gasteiger partial charge in [0.05, 0.1) is 18.5 Å². The normalized spacial score (nSPS) is 16.8. The summed E-state index contributed by atoms with van der Waals surface area (Å²) in [5.41, 5.74) is 7.02. The fourth-order valence-corrected chi connectivity index (χ4v) is 2.32. The first-order valence-corrected chi connectivity index (χ1v) is 6.10. The summed E-state index contributed by atoms with van der Waals surface area (Å²) in [4.78, 5) is 0. The molecule has 0 spiro atoms. The Balaban J connectivity index is 2.13. The van der Waals surface area contributed by atoms with Crippen LogP contribution in [0.2, 0.25) is 0 Å². The summed E-state index contributed by atoms with van der Waals surface area (Å²) in [5, 5.41) is 3.38. The third-order valence-corrected chi connectivity index (χ3v) is 3.29. The summed E-state index contributed by atoms with van der Waals surface area (Å²) in [6.07, 6.45) is 6.10. The van der Waals surface area contributed by atoms with E-state index in [1.165, 1.54) is 32.4 Å². The molecule has 3 nitrogen and oxygen atoms in total. The minimum absolute atomic E-state index is 0.234. The lowest BCUT2D eigenvalue weighted by atomic mass is 9.95. The summed E-state index contributed by atoms with van der Waals surface area (Å²) in [6.45, 7) is 0. The van der Waals surface area contributed by atoms with Crippen LogP contribution >= 0.6 is 0 Å². The molecule has 1 fully saturated rings. The van der Waals surface area contributed by atoms with Gasteiger partial charge in [0, 0.05) is 18.2 Å². The Morgan fingerprint density at radius 1 is 1.29 bits per heavy atom. The Hall–Kier alpha value is -1.45. The van der Waals surface area contributed by atoms with Crippen molar-refractivity contribution in [2.45, 2.75) is 38.1 Å². The average molecular weight is 238 g/mol. The minimum atomic E-state index is -0.417. The van der Waals surface area contributed by atoms with Crippen LogP contribution in [0.25, 0.3) is 0 Å². The first kappa shape index (κ1) is 12.0. The van der Waals surface area contributed by atoms with Gasteiger partial charge in [-0.3, -0.25) is 0 Å². The highest BCUT2D eigenvalue weighted by atomic mass is 19.1. The zero-order valence-electron chi connectivity index (χ0n) is 10.1. The quantitative estimate of drug-likeness (QED) is 0.795. The Morgan fingerprint density at radius 3 is 2.65 bits per heavy atom. The molecule has 0 bridgehead atoms. The van der Waals surface area contributed by atoms with Crippen molar-refractivity contribution in [2.24, 2.45) is 0 Å². The number of methoxy groups -OCH3 is 1. The molecule has 1 aliphatic carbocycles. The molecule has 0 saturated heterocycles. The first-order chi connectivity index (χ1) is 8.20. The smallest absolute Gasteiger partial charge is 0.167 e. The predicted octanol–water partition coefficient (Wildman–Crippen LogP) is 3.16. The lowest BCUT2D eigenvalue weighted by molar-refractivity contribution is 0.386. The zero-order valence-corrected chi connectivity index (χ0v) is 10.1. The Bertz CT molecular complexity index is 389. The molecule has 3 N–H and O–H groups in total. The molecule has 1 aromatic carbocycles. The van der Waals surface area contributed by atoms with Crippen LogP contribution in [0, 0.1) is 5.82 Å². The van der Waals surface area contributed by atoms with E-state index in [1.54, 1.807) is 6.07 Å². The molecule has 0 atom stereocenters. The topological polar surface area (TPSA) is 47.3 Å². The molecule has 0 unspecified atom stereocenters. The third-order valence-electron chi connectivity index (χ3n) is 3.29. The number of hydrogen-bond donors (Lipinski definition) is 2. The number of nitrogens with one attached hydrogen (secondary N) is 1. The summed E-state index contributed by atoms with van der Waals surface area (Å²) in [6, 6.07) is 3.39. The van der Waals surface area contributed by atoms with Gasteiger partial charge in [0.25, 0.3) is 0 Å². The zero-order chi connectivity index (χ0) is 12.3. The number of ether oxygens (including phenoxy) is 1. The molecule has 17 heavy (non-hydrogen) atoms. The molecule has 1 aliphatic rings. The van der Waals surface area contributed by atoms with E-state index in [2.05, 4.69) is 5.32 Å². The van der Waals surface area contributed by atoms with Gasteiger partial charge in [-0.2, -0.15) is 0 Å². The number of nitrogen functional groups attached to an aromatic ring is 1. The maximum Gasteiger partial charge on any atom is 0.167 e. The number of nitrogens with two attached hydrogens (primary N) is 1. The highest BCUT2D eigenvalue weighted by molar-refractivity contribution is 5.69. The maximum absolute atomic E-state index is 13.4. The molecule has 2 rings (SSSR count). The van der Waals surface area contributed by atoms with E-state index in [1.807, 2.05) is 0 Å². The van der Waals surface area contributed by atoms with Crippen LogP contribution in [0.15, 0.2) is 12.1 Å². The number of anilines is 2. The molecule has 1 saturated carbocycles. The van der Waals surface area contributed by atoms with Crippen LogP contribution in [0.3, 0.4) is 0 Å². The minimum Gasteiger partial charge on any atom is -0.494 e. The lowest BCUT2D eigenvalue weighted by Gasteiger charge is -2.24. The van der Waals surface area contributed by atoms with Gasteiger partial charge in [-0.25, -0.2) is 4.39 Å². The summed E-state index contributed by atoms with van der Waals surface area (Å²) in [5.74, 6) is -0.184. The standard InChI is InChI=1S/C13H19FN2O/c1-17-13-8-12(11(15)7-10(13)14)16-9-5-3-2-4-6-9/h7-9,16H,2-6,15H2,1H3. The van der Waals surface area contributed by atoms with E-state index in [0.717, 1.165) is 18.5 Å². The monoisotopic (exact) mass is 238 g/mol. The van der Waals surface area contributed by atoms with Gasteiger partial charge in [0.1, 0.15) is 0 Å². The van der Waals surface area contributed by atoms with E-state index >= 15 is 0 Å². The molecule has 0 aromatic heterocycles. The lowest BCUT2D eigenvalue weighted by Crippen LogP contribution is -2.22. The summed E-state index contributed by atoms with van der Waals surface area (Å²) >= 11 is 0. The second-order valence-electron chi connectivity index (χ2n) is 4.55. The molecule has 0 heterocycles. The van der Waals surface area contributed by atoms with Crippen LogP contribution in [0.5, 0.6) is 5.75 Å².